The van der Waals surface area contributed by atoms with Gasteiger partial charge in [0.2, 0.25) is 0 Å². The molecule has 0 amide bonds. The van der Waals surface area contributed by atoms with E-state index >= 15 is 0 Å². The Kier molecular flexibility index (Phi) is 4.40. The van der Waals surface area contributed by atoms with Crippen molar-refractivity contribution in [2.45, 2.75) is 33.5 Å². The summed E-state index contributed by atoms with van der Waals surface area (Å²) in [5.74, 6) is 0.0164. The summed E-state index contributed by atoms with van der Waals surface area (Å²) in [6, 6.07) is 10.6. The summed E-state index contributed by atoms with van der Waals surface area (Å²) in [5, 5.41) is 9.38. The second kappa shape index (κ2) is 6.06. The highest BCUT2D eigenvalue weighted by atomic mass is 19.1. The van der Waals surface area contributed by atoms with Crippen molar-refractivity contribution in [2.24, 2.45) is 0 Å². The molecule has 2 aromatic carbocycles. The Balaban J connectivity index is 2.07. The molecule has 0 aliphatic carbocycles. The molecule has 2 rings (SSSR count). The molecule has 0 unspecified atom stereocenters. The number of aliphatic hydroxyl groups excluding tert-OH is 1. The molecule has 0 aliphatic heterocycles. The van der Waals surface area contributed by atoms with Gasteiger partial charge in [-0.1, -0.05) is 18.2 Å². The van der Waals surface area contributed by atoms with Crippen LogP contribution in [0.3, 0.4) is 0 Å². The molecule has 0 aliphatic rings. The molecule has 0 saturated heterocycles. The van der Waals surface area contributed by atoms with Crippen LogP contribution in [0, 0.1) is 19.7 Å². The zero-order chi connectivity index (χ0) is 14.7. The number of aryl methyl sites for hydroxylation is 2. The first kappa shape index (κ1) is 14.5. The molecule has 2 aromatic rings. The fraction of sp³-hybridized carbons (Fsp3) is 0.294. The van der Waals surface area contributed by atoms with Gasteiger partial charge >= 0.3 is 0 Å². The quantitative estimate of drug-likeness (QED) is 0.910. The van der Waals surface area contributed by atoms with Crippen molar-refractivity contribution < 1.29 is 14.2 Å². The van der Waals surface area contributed by atoms with E-state index in [2.05, 4.69) is 19.9 Å². The summed E-state index contributed by atoms with van der Waals surface area (Å²) < 4.78 is 19.3. The lowest BCUT2D eigenvalue weighted by Gasteiger charge is -2.11. The zero-order valence-electron chi connectivity index (χ0n) is 12.0. The van der Waals surface area contributed by atoms with Crippen LogP contribution in [0.5, 0.6) is 5.75 Å². The van der Waals surface area contributed by atoms with Gasteiger partial charge in [-0.25, -0.2) is 4.39 Å². The van der Waals surface area contributed by atoms with E-state index in [4.69, 9.17) is 4.74 Å². The van der Waals surface area contributed by atoms with E-state index in [9.17, 15) is 9.50 Å². The molecular weight excluding hydrogens is 255 g/mol. The Hall–Kier alpha value is -1.87. The third-order valence-corrected chi connectivity index (χ3v) is 3.40. The van der Waals surface area contributed by atoms with Crippen LogP contribution < -0.4 is 4.74 Å². The molecule has 0 saturated carbocycles. The van der Waals surface area contributed by atoms with Crippen molar-refractivity contribution in [1.82, 2.24) is 0 Å². The maximum absolute atomic E-state index is 13.7. The molecule has 3 heteroatoms. The predicted molar refractivity (Wildman–Crippen MR) is 77.3 cm³/mol. The van der Waals surface area contributed by atoms with Gasteiger partial charge in [0.25, 0.3) is 0 Å². The van der Waals surface area contributed by atoms with Crippen molar-refractivity contribution in [3.8, 4) is 5.75 Å². The minimum absolute atomic E-state index is 0.281. The van der Waals surface area contributed by atoms with Crippen LogP contribution >= 0.6 is 0 Å². The van der Waals surface area contributed by atoms with Crippen LogP contribution in [-0.2, 0) is 6.61 Å². The molecule has 1 atom stereocenters. The van der Waals surface area contributed by atoms with Gasteiger partial charge in [0.1, 0.15) is 18.2 Å². The molecule has 0 fully saturated rings. The Morgan fingerprint density at radius 1 is 1.10 bits per heavy atom. The highest BCUT2D eigenvalue weighted by Crippen LogP contribution is 2.22. The van der Waals surface area contributed by atoms with Crippen molar-refractivity contribution in [3.05, 3.63) is 64.5 Å². The lowest BCUT2D eigenvalue weighted by Crippen LogP contribution is -1.99. The first-order chi connectivity index (χ1) is 9.47. The number of hydrogen-bond acceptors (Lipinski definition) is 2. The molecule has 106 valence electrons. The van der Waals surface area contributed by atoms with E-state index in [1.54, 1.807) is 12.1 Å². The van der Waals surface area contributed by atoms with Crippen LogP contribution in [0.1, 0.15) is 35.3 Å². The molecule has 0 aromatic heterocycles. The highest BCUT2D eigenvalue weighted by molar-refractivity contribution is 5.32. The minimum atomic E-state index is -0.816. The Morgan fingerprint density at radius 2 is 1.85 bits per heavy atom. The number of aliphatic hydroxyl groups is 1. The summed E-state index contributed by atoms with van der Waals surface area (Å²) >= 11 is 0. The molecule has 20 heavy (non-hydrogen) atoms. The smallest absolute Gasteiger partial charge is 0.132 e. The maximum Gasteiger partial charge on any atom is 0.132 e. The normalized spacial score (nSPS) is 12.2. The molecule has 0 spiro atoms. The van der Waals surface area contributed by atoms with Gasteiger partial charge in [-0.05, 0) is 49.6 Å². The standard InChI is InChI=1S/C17H19FO2/c1-11-4-5-14(8-12(11)2)10-20-15-6-7-16(13(3)19)17(18)9-15/h4-9,13,19H,10H2,1-3H3/t13-/m0/s1. The van der Waals surface area contributed by atoms with Gasteiger partial charge in [0.15, 0.2) is 0 Å². The average Bonchev–Trinajstić information content (AvgIpc) is 2.40. The Bertz CT molecular complexity index is 606. The van der Waals surface area contributed by atoms with Gasteiger partial charge in [0, 0.05) is 11.6 Å². The van der Waals surface area contributed by atoms with Gasteiger partial charge in [-0.3, -0.25) is 0 Å². The summed E-state index contributed by atoms with van der Waals surface area (Å²) in [7, 11) is 0. The largest absolute Gasteiger partial charge is 0.489 e. The molecule has 2 nitrogen and oxygen atoms in total. The lowest BCUT2D eigenvalue weighted by atomic mass is 10.1. The van der Waals surface area contributed by atoms with Crippen molar-refractivity contribution in [2.75, 3.05) is 0 Å². The maximum atomic E-state index is 13.7. The van der Waals surface area contributed by atoms with E-state index in [1.165, 1.54) is 24.1 Å². The number of halogens is 1. The SMILES string of the molecule is Cc1ccc(COc2ccc([C@H](C)O)c(F)c2)cc1C. The zero-order valence-corrected chi connectivity index (χ0v) is 12.0. The fourth-order valence-corrected chi connectivity index (χ4v) is 2.00. The van der Waals surface area contributed by atoms with Gasteiger partial charge in [-0.2, -0.15) is 0 Å². The van der Waals surface area contributed by atoms with E-state index < -0.39 is 11.9 Å². The van der Waals surface area contributed by atoms with Crippen molar-refractivity contribution in [1.29, 1.82) is 0 Å². The summed E-state index contributed by atoms with van der Waals surface area (Å²) in [4.78, 5) is 0. The summed E-state index contributed by atoms with van der Waals surface area (Å²) in [6.07, 6.45) is -0.816. The van der Waals surface area contributed by atoms with Gasteiger partial charge in [0.05, 0.1) is 6.10 Å². The van der Waals surface area contributed by atoms with Crippen LogP contribution in [0.15, 0.2) is 36.4 Å². The third-order valence-electron chi connectivity index (χ3n) is 3.40. The topological polar surface area (TPSA) is 29.5 Å². The fourth-order valence-electron chi connectivity index (χ4n) is 2.00. The van der Waals surface area contributed by atoms with E-state index in [0.717, 1.165) is 5.56 Å². The minimum Gasteiger partial charge on any atom is -0.489 e. The molecule has 0 radical (unpaired) electrons. The third kappa shape index (κ3) is 3.36. The number of ether oxygens (including phenoxy) is 1. The molecule has 0 heterocycles. The monoisotopic (exact) mass is 274 g/mol. The first-order valence-corrected chi connectivity index (χ1v) is 6.64. The Morgan fingerprint density at radius 3 is 2.45 bits per heavy atom. The van der Waals surface area contributed by atoms with Gasteiger partial charge in [-0.15, -0.1) is 0 Å². The number of hydrogen-bond donors (Lipinski definition) is 1. The highest BCUT2D eigenvalue weighted by Gasteiger charge is 2.09. The average molecular weight is 274 g/mol. The first-order valence-electron chi connectivity index (χ1n) is 6.64. The van der Waals surface area contributed by atoms with E-state index in [0.29, 0.717) is 12.4 Å². The van der Waals surface area contributed by atoms with Crippen molar-refractivity contribution in [3.63, 3.8) is 0 Å². The summed E-state index contributed by atoms with van der Waals surface area (Å²) in [6.45, 7) is 6.04. The lowest BCUT2D eigenvalue weighted by molar-refractivity contribution is 0.194. The molecule has 0 bridgehead atoms. The van der Waals surface area contributed by atoms with Crippen LogP contribution in [0.2, 0.25) is 0 Å². The van der Waals surface area contributed by atoms with E-state index in [-0.39, 0.29) is 5.56 Å². The van der Waals surface area contributed by atoms with Gasteiger partial charge < -0.3 is 9.84 Å². The predicted octanol–water partition coefficient (Wildman–Crippen LogP) is 4.07. The van der Waals surface area contributed by atoms with Crippen molar-refractivity contribution >= 4 is 0 Å². The van der Waals surface area contributed by atoms with E-state index in [1.807, 2.05) is 12.1 Å². The Labute approximate surface area is 118 Å². The van der Waals surface area contributed by atoms with Crippen LogP contribution in [0.25, 0.3) is 0 Å². The molecular formula is C17H19FO2. The van der Waals surface area contributed by atoms with Crippen LogP contribution in [0.4, 0.5) is 4.39 Å². The van der Waals surface area contributed by atoms with Crippen LogP contribution in [-0.4, -0.2) is 5.11 Å². The second-order valence-electron chi connectivity index (χ2n) is 5.07. The molecule has 1 N–H and O–H groups in total. The number of rotatable bonds is 4. The summed E-state index contributed by atoms with van der Waals surface area (Å²) in [5.41, 5.74) is 3.78. The number of benzene rings is 2. The second-order valence-corrected chi connectivity index (χ2v) is 5.07.